The molecular weight excluding hydrogens is 320 g/mol. The predicted octanol–water partition coefficient (Wildman–Crippen LogP) is 5.38. The Hall–Kier alpha value is -3.07. The van der Waals surface area contributed by atoms with Crippen molar-refractivity contribution in [3.63, 3.8) is 0 Å². The molecule has 0 fully saturated rings. The van der Waals surface area contributed by atoms with Crippen LogP contribution in [0.4, 0.5) is 11.4 Å². The Morgan fingerprint density at radius 3 is 2.23 bits per heavy atom. The van der Waals surface area contributed by atoms with E-state index in [9.17, 15) is 4.79 Å². The quantitative estimate of drug-likeness (QED) is 0.693. The zero-order valence-corrected chi connectivity index (χ0v) is 15.3. The number of fused-ring (bicyclic) bond motifs is 1. The van der Waals surface area contributed by atoms with E-state index < -0.39 is 0 Å². The largest absolute Gasteiger partial charge is 0.361 e. The number of nitrogens with zero attached hydrogens (tertiary/aromatic N) is 1. The molecule has 130 valence electrons. The zero-order valence-electron chi connectivity index (χ0n) is 15.3. The lowest BCUT2D eigenvalue weighted by atomic mass is 10.1. The Balaban J connectivity index is 1.82. The van der Waals surface area contributed by atoms with E-state index in [4.69, 9.17) is 0 Å². The molecule has 1 amide bonds. The minimum Gasteiger partial charge on any atom is -0.361 e. The molecule has 0 aromatic heterocycles. The molecule has 3 aromatic rings. The third-order valence-electron chi connectivity index (χ3n) is 4.86. The normalized spacial score (nSPS) is 15.9. The number of aryl methyl sites for hydroxylation is 3. The van der Waals surface area contributed by atoms with Crippen LogP contribution in [0.1, 0.15) is 38.8 Å². The summed E-state index contributed by atoms with van der Waals surface area (Å²) in [4.78, 5) is 15.0. The van der Waals surface area contributed by atoms with Crippen LogP contribution in [0, 0.1) is 20.8 Å². The van der Waals surface area contributed by atoms with Crippen molar-refractivity contribution in [1.82, 2.24) is 0 Å². The summed E-state index contributed by atoms with van der Waals surface area (Å²) in [6, 6.07) is 22.3. The molecule has 0 spiro atoms. The first-order valence-corrected chi connectivity index (χ1v) is 8.87. The number of carbonyl (C=O) groups excluding carboxylic acids is 1. The van der Waals surface area contributed by atoms with Gasteiger partial charge in [0, 0.05) is 22.5 Å². The summed E-state index contributed by atoms with van der Waals surface area (Å²) >= 11 is 0. The van der Waals surface area contributed by atoms with Gasteiger partial charge in [-0.15, -0.1) is 0 Å². The maximum Gasteiger partial charge on any atom is 0.260 e. The fourth-order valence-electron chi connectivity index (χ4n) is 3.76. The van der Waals surface area contributed by atoms with Gasteiger partial charge >= 0.3 is 0 Å². The van der Waals surface area contributed by atoms with E-state index >= 15 is 0 Å². The van der Waals surface area contributed by atoms with Crippen molar-refractivity contribution in [2.75, 3.05) is 10.2 Å². The third-order valence-corrected chi connectivity index (χ3v) is 4.86. The second kappa shape index (κ2) is 6.34. The Kier molecular flexibility index (Phi) is 4.00. The number of benzene rings is 3. The van der Waals surface area contributed by atoms with Crippen LogP contribution in [0.3, 0.4) is 0 Å². The average Bonchev–Trinajstić information content (AvgIpc) is 2.87. The van der Waals surface area contributed by atoms with Crippen molar-refractivity contribution in [3.8, 4) is 0 Å². The molecule has 1 heterocycles. The first-order valence-electron chi connectivity index (χ1n) is 8.87. The molecule has 1 aliphatic rings. The molecule has 0 unspecified atom stereocenters. The number of hydrogen-bond acceptors (Lipinski definition) is 2. The molecule has 0 bridgehead atoms. The molecule has 0 saturated heterocycles. The van der Waals surface area contributed by atoms with Gasteiger partial charge in [0.25, 0.3) is 5.91 Å². The number of amides is 1. The van der Waals surface area contributed by atoms with Crippen LogP contribution in [0.5, 0.6) is 0 Å². The van der Waals surface area contributed by atoms with Gasteiger partial charge in [-0.1, -0.05) is 42.5 Å². The number of para-hydroxylation sites is 1. The fourth-order valence-corrected chi connectivity index (χ4v) is 3.76. The van der Waals surface area contributed by atoms with Gasteiger partial charge in [0.1, 0.15) is 6.17 Å². The molecule has 3 nitrogen and oxygen atoms in total. The van der Waals surface area contributed by atoms with Crippen LogP contribution in [-0.2, 0) is 0 Å². The zero-order chi connectivity index (χ0) is 18.3. The molecule has 1 N–H and O–H groups in total. The molecule has 26 heavy (non-hydrogen) atoms. The highest BCUT2D eigenvalue weighted by molar-refractivity contribution is 6.11. The van der Waals surface area contributed by atoms with Gasteiger partial charge in [-0.05, 0) is 61.7 Å². The number of rotatable bonds is 3. The van der Waals surface area contributed by atoms with Crippen molar-refractivity contribution < 1.29 is 4.79 Å². The maximum atomic E-state index is 13.2. The van der Waals surface area contributed by atoms with Gasteiger partial charge in [0.15, 0.2) is 0 Å². The van der Waals surface area contributed by atoms with Gasteiger partial charge in [-0.25, -0.2) is 0 Å². The molecule has 1 atom stereocenters. The number of hydrogen-bond donors (Lipinski definition) is 1. The molecule has 3 heteroatoms. The molecule has 0 aliphatic carbocycles. The van der Waals surface area contributed by atoms with Crippen molar-refractivity contribution in [2.45, 2.75) is 26.9 Å². The number of nitrogens with one attached hydrogen (secondary N) is 1. The smallest absolute Gasteiger partial charge is 0.260 e. The SMILES string of the molecule is Cc1cc(C)cc(N[C@H]2c3ccccc3C(=O)N2c2ccccc2C)c1. The molecule has 3 aromatic carbocycles. The summed E-state index contributed by atoms with van der Waals surface area (Å²) in [5, 5.41) is 3.59. The van der Waals surface area contributed by atoms with Crippen LogP contribution in [0.2, 0.25) is 0 Å². The second-order valence-corrected chi connectivity index (χ2v) is 6.97. The second-order valence-electron chi connectivity index (χ2n) is 6.97. The average molecular weight is 342 g/mol. The summed E-state index contributed by atoms with van der Waals surface area (Å²) in [5.41, 5.74) is 7.23. The van der Waals surface area contributed by atoms with Crippen LogP contribution < -0.4 is 10.2 Å². The lowest BCUT2D eigenvalue weighted by Gasteiger charge is -2.28. The van der Waals surface area contributed by atoms with Crippen molar-refractivity contribution >= 4 is 17.3 Å². The van der Waals surface area contributed by atoms with Crippen LogP contribution in [0.25, 0.3) is 0 Å². The minimum atomic E-state index is -0.221. The first-order chi connectivity index (χ1) is 12.5. The van der Waals surface area contributed by atoms with E-state index in [-0.39, 0.29) is 12.1 Å². The van der Waals surface area contributed by atoms with Gasteiger partial charge in [-0.2, -0.15) is 0 Å². The predicted molar refractivity (Wildman–Crippen MR) is 107 cm³/mol. The van der Waals surface area contributed by atoms with E-state index in [1.54, 1.807) is 0 Å². The highest BCUT2D eigenvalue weighted by Gasteiger charge is 2.38. The number of carbonyl (C=O) groups is 1. The Labute approximate surface area is 154 Å². The van der Waals surface area contributed by atoms with Gasteiger partial charge in [0.05, 0.1) is 0 Å². The summed E-state index contributed by atoms with van der Waals surface area (Å²) in [5.74, 6) is 0.0387. The summed E-state index contributed by atoms with van der Waals surface area (Å²) in [6.45, 7) is 6.22. The van der Waals surface area contributed by atoms with Crippen LogP contribution in [-0.4, -0.2) is 5.91 Å². The monoisotopic (exact) mass is 342 g/mol. The Morgan fingerprint density at radius 2 is 1.50 bits per heavy atom. The van der Waals surface area contributed by atoms with Gasteiger partial charge in [0.2, 0.25) is 0 Å². The Bertz CT molecular complexity index is 973. The minimum absolute atomic E-state index is 0.0387. The summed E-state index contributed by atoms with van der Waals surface area (Å²) in [7, 11) is 0. The molecule has 4 rings (SSSR count). The highest BCUT2D eigenvalue weighted by Crippen LogP contribution is 2.39. The van der Waals surface area contributed by atoms with Crippen molar-refractivity contribution in [2.24, 2.45) is 0 Å². The topological polar surface area (TPSA) is 32.3 Å². The van der Waals surface area contributed by atoms with E-state index in [2.05, 4.69) is 37.4 Å². The lowest BCUT2D eigenvalue weighted by molar-refractivity contribution is 0.0993. The third kappa shape index (κ3) is 2.76. The first kappa shape index (κ1) is 16.4. The molecular formula is C23H22N2O. The van der Waals surface area contributed by atoms with Crippen LogP contribution >= 0.6 is 0 Å². The van der Waals surface area contributed by atoms with E-state index in [1.165, 1.54) is 11.1 Å². The fraction of sp³-hybridized carbons (Fsp3) is 0.174. The molecule has 0 saturated carbocycles. The van der Waals surface area contributed by atoms with Crippen LogP contribution in [0.15, 0.2) is 66.7 Å². The summed E-state index contributed by atoms with van der Waals surface area (Å²) in [6.07, 6.45) is -0.221. The molecule has 0 radical (unpaired) electrons. The number of anilines is 2. The van der Waals surface area contributed by atoms with E-state index in [0.29, 0.717) is 0 Å². The highest BCUT2D eigenvalue weighted by atomic mass is 16.2. The van der Waals surface area contributed by atoms with Crippen molar-refractivity contribution in [3.05, 3.63) is 94.5 Å². The standard InChI is InChI=1S/C23H22N2O/c1-15-12-16(2)14-18(13-15)24-22-19-9-5-6-10-20(19)23(26)25(22)21-11-7-4-8-17(21)3/h4-14,22,24H,1-3H3/t22-/m1/s1. The van der Waals surface area contributed by atoms with Crippen molar-refractivity contribution in [1.29, 1.82) is 0 Å². The summed E-state index contributed by atoms with van der Waals surface area (Å²) < 4.78 is 0. The maximum absolute atomic E-state index is 13.2. The molecule has 1 aliphatic heterocycles. The van der Waals surface area contributed by atoms with Gasteiger partial charge < -0.3 is 5.32 Å². The van der Waals surface area contributed by atoms with E-state index in [1.807, 2.05) is 60.4 Å². The lowest BCUT2D eigenvalue weighted by Crippen LogP contribution is -2.32. The van der Waals surface area contributed by atoms with Gasteiger partial charge in [-0.3, -0.25) is 9.69 Å². The Morgan fingerprint density at radius 1 is 0.846 bits per heavy atom. The van der Waals surface area contributed by atoms with E-state index in [0.717, 1.165) is 28.1 Å².